The van der Waals surface area contributed by atoms with Crippen LogP contribution in [0.5, 0.6) is 0 Å². The molecule has 2 heterocycles. The number of rotatable bonds is 4. The second-order valence-electron chi connectivity index (χ2n) is 6.13. The molecule has 0 spiro atoms. The largest absolute Gasteiger partial charge is 0.377 e. The molecule has 0 atom stereocenters. The van der Waals surface area contributed by atoms with Gasteiger partial charge in [-0.2, -0.15) is 0 Å². The maximum atomic E-state index is 12.7. The molecule has 1 N–H and O–H groups in total. The Bertz CT molecular complexity index is 1180. The van der Waals surface area contributed by atoms with Crippen LogP contribution in [-0.2, 0) is 13.1 Å². The van der Waals surface area contributed by atoms with Crippen LogP contribution in [0, 0.1) is 6.92 Å². The summed E-state index contributed by atoms with van der Waals surface area (Å²) >= 11 is 6.10. The summed E-state index contributed by atoms with van der Waals surface area (Å²) in [4.78, 5) is 12.7. The highest BCUT2D eigenvalue weighted by molar-refractivity contribution is 6.30. The van der Waals surface area contributed by atoms with Gasteiger partial charge in [0, 0.05) is 17.3 Å². The molecule has 4 aromatic rings. The first-order valence-electron chi connectivity index (χ1n) is 8.45. The summed E-state index contributed by atoms with van der Waals surface area (Å²) in [7, 11) is 0. The first-order valence-corrected chi connectivity index (χ1v) is 8.83. The van der Waals surface area contributed by atoms with Gasteiger partial charge in [-0.3, -0.25) is 13.8 Å². The van der Waals surface area contributed by atoms with Crippen molar-refractivity contribution in [2.24, 2.45) is 0 Å². The molecule has 2 aromatic heterocycles. The van der Waals surface area contributed by atoms with E-state index in [4.69, 9.17) is 11.6 Å². The Morgan fingerprint density at radius 2 is 1.96 bits per heavy atom. The molecule has 7 heteroatoms. The smallest absolute Gasteiger partial charge is 0.262 e. The number of aromatic nitrogens is 4. The Kier molecular flexibility index (Phi) is 4.12. The van der Waals surface area contributed by atoms with Gasteiger partial charge in [0.05, 0.1) is 17.4 Å². The number of halogens is 1. The molecule has 0 saturated heterocycles. The molecule has 0 radical (unpaired) electrons. The standard InChI is InChI=1S/C19H18ClN5O/c1-3-24-18(26)14-6-4-5-7-16(14)25-17(22-23-19(24)25)11-21-15-10-13(20)9-8-12(15)2/h4-10,21H,3,11H2,1-2H3. The first kappa shape index (κ1) is 16.6. The van der Waals surface area contributed by atoms with E-state index in [1.165, 1.54) is 0 Å². The van der Waals surface area contributed by atoms with E-state index in [-0.39, 0.29) is 5.56 Å². The molecule has 0 fully saturated rings. The Morgan fingerprint density at radius 3 is 2.77 bits per heavy atom. The van der Waals surface area contributed by atoms with E-state index < -0.39 is 0 Å². The van der Waals surface area contributed by atoms with Gasteiger partial charge < -0.3 is 5.32 Å². The Balaban J connectivity index is 1.85. The number of hydrogen-bond acceptors (Lipinski definition) is 4. The van der Waals surface area contributed by atoms with Gasteiger partial charge >= 0.3 is 0 Å². The summed E-state index contributed by atoms with van der Waals surface area (Å²) in [6, 6.07) is 13.3. The lowest BCUT2D eigenvalue weighted by Crippen LogP contribution is -2.23. The average Bonchev–Trinajstić information content (AvgIpc) is 3.07. The van der Waals surface area contributed by atoms with Crippen LogP contribution in [-0.4, -0.2) is 19.2 Å². The highest BCUT2D eigenvalue weighted by Gasteiger charge is 2.15. The Hall–Kier alpha value is -2.86. The van der Waals surface area contributed by atoms with Crippen LogP contribution >= 0.6 is 11.6 Å². The van der Waals surface area contributed by atoms with Gasteiger partial charge in [-0.15, -0.1) is 10.2 Å². The quantitative estimate of drug-likeness (QED) is 0.598. The predicted molar refractivity (Wildman–Crippen MR) is 104 cm³/mol. The summed E-state index contributed by atoms with van der Waals surface area (Å²) in [6.07, 6.45) is 0. The van der Waals surface area contributed by atoms with Crippen molar-refractivity contribution < 1.29 is 0 Å². The van der Waals surface area contributed by atoms with Crippen LogP contribution < -0.4 is 10.9 Å². The minimum atomic E-state index is -0.0480. The monoisotopic (exact) mass is 367 g/mol. The highest BCUT2D eigenvalue weighted by Crippen LogP contribution is 2.21. The van der Waals surface area contributed by atoms with Crippen LogP contribution in [0.25, 0.3) is 16.7 Å². The SMILES string of the molecule is CCn1c(=O)c2ccccc2n2c(CNc3cc(Cl)ccc3C)nnc12. The van der Waals surface area contributed by atoms with Crippen molar-refractivity contribution in [3.05, 3.63) is 69.2 Å². The second kappa shape index (κ2) is 6.46. The van der Waals surface area contributed by atoms with Crippen LogP contribution in [0.3, 0.4) is 0 Å². The number of benzene rings is 2. The fourth-order valence-corrected chi connectivity index (χ4v) is 3.34. The summed E-state index contributed by atoms with van der Waals surface area (Å²) in [5.74, 6) is 1.29. The van der Waals surface area contributed by atoms with Crippen molar-refractivity contribution in [3.8, 4) is 0 Å². The van der Waals surface area contributed by atoms with Crippen LogP contribution in [0.4, 0.5) is 5.69 Å². The van der Waals surface area contributed by atoms with E-state index in [9.17, 15) is 4.79 Å². The van der Waals surface area contributed by atoms with Gasteiger partial charge in [0.25, 0.3) is 5.56 Å². The zero-order valence-electron chi connectivity index (χ0n) is 14.5. The van der Waals surface area contributed by atoms with Crippen molar-refractivity contribution in [3.63, 3.8) is 0 Å². The summed E-state index contributed by atoms with van der Waals surface area (Å²) in [5.41, 5.74) is 2.80. The summed E-state index contributed by atoms with van der Waals surface area (Å²) < 4.78 is 3.58. The predicted octanol–water partition coefficient (Wildman–Crippen LogP) is 3.64. The molecule has 0 aliphatic carbocycles. The molecule has 132 valence electrons. The maximum Gasteiger partial charge on any atom is 0.262 e. The van der Waals surface area contributed by atoms with E-state index in [1.807, 2.05) is 60.7 Å². The lowest BCUT2D eigenvalue weighted by Gasteiger charge is -2.11. The number of hydrogen-bond donors (Lipinski definition) is 1. The van der Waals surface area contributed by atoms with Crippen LogP contribution in [0.1, 0.15) is 18.3 Å². The molecule has 6 nitrogen and oxygen atoms in total. The lowest BCUT2D eigenvalue weighted by atomic mass is 10.2. The fourth-order valence-electron chi connectivity index (χ4n) is 3.17. The van der Waals surface area contributed by atoms with E-state index in [0.717, 1.165) is 22.6 Å². The third-order valence-corrected chi connectivity index (χ3v) is 4.76. The molecule has 2 aromatic carbocycles. The topological polar surface area (TPSA) is 64.2 Å². The molecule has 0 unspecified atom stereocenters. The fraction of sp³-hybridized carbons (Fsp3) is 0.211. The summed E-state index contributed by atoms with van der Waals surface area (Å²) in [5, 5.41) is 13.3. The number of nitrogens with one attached hydrogen (secondary N) is 1. The van der Waals surface area contributed by atoms with Gasteiger partial charge in [0.2, 0.25) is 5.78 Å². The zero-order valence-corrected chi connectivity index (χ0v) is 15.3. The van der Waals surface area contributed by atoms with Gasteiger partial charge in [-0.1, -0.05) is 29.8 Å². The number of para-hydroxylation sites is 1. The third kappa shape index (κ3) is 2.63. The molecule has 0 bridgehead atoms. The van der Waals surface area contributed by atoms with Crippen molar-refractivity contribution in [2.45, 2.75) is 26.9 Å². The number of nitrogens with zero attached hydrogens (tertiary/aromatic N) is 4. The minimum absolute atomic E-state index is 0.0480. The van der Waals surface area contributed by atoms with Crippen LogP contribution in [0.2, 0.25) is 5.02 Å². The molecule has 0 amide bonds. The first-order chi connectivity index (χ1) is 12.6. The Morgan fingerprint density at radius 1 is 1.15 bits per heavy atom. The molecule has 0 aliphatic rings. The normalized spacial score (nSPS) is 11.3. The summed E-state index contributed by atoms with van der Waals surface area (Å²) in [6.45, 7) is 4.95. The van der Waals surface area contributed by atoms with Gasteiger partial charge in [-0.05, 0) is 43.7 Å². The van der Waals surface area contributed by atoms with Crippen molar-refractivity contribution in [2.75, 3.05) is 5.32 Å². The molecule has 0 aliphatic heterocycles. The highest BCUT2D eigenvalue weighted by atomic mass is 35.5. The van der Waals surface area contributed by atoms with E-state index in [1.54, 1.807) is 4.57 Å². The Labute approximate surface area is 155 Å². The number of aryl methyl sites for hydroxylation is 2. The molecule has 0 saturated carbocycles. The van der Waals surface area contributed by atoms with E-state index in [0.29, 0.717) is 29.3 Å². The minimum Gasteiger partial charge on any atom is -0.377 e. The van der Waals surface area contributed by atoms with Crippen LogP contribution in [0.15, 0.2) is 47.3 Å². The van der Waals surface area contributed by atoms with E-state index in [2.05, 4.69) is 15.5 Å². The lowest BCUT2D eigenvalue weighted by molar-refractivity contribution is 0.734. The van der Waals surface area contributed by atoms with Gasteiger partial charge in [0.15, 0.2) is 5.82 Å². The van der Waals surface area contributed by atoms with Crippen molar-refractivity contribution in [1.82, 2.24) is 19.2 Å². The van der Waals surface area contributed by atoms with Gasteiger partial charge in [0.1, 0.15) is 0 Å². The molecular formula is C19H18ClN5O. The molecule has 26 heavy (non-hydrogen) atoms. The maximum absolute atomic E-state index is 12.7. The number of anilines is 1. The second-order valence-corrected chi connectivity index (χ2v) is 6.57. The van der Waals surface area contributed by atoms with Gasteiger partial charge in [-0.25, -0.2) is 0 Å². The molecule has 4 rings (SSSR count). The van der Waals surface area contributed by atoms with E-state index >= 15 is 0 Å². The zero-order chi connectivity index (χ0) is 18.3. The average molecular weight is 368 g/mol. The van der Waals surface area contributed by atoms with Crippen molar-refractivity contribution in [1.29, 1.82) is 0 Å². The third-order valence-electron chi connectivity index (χ3n) is 4.53. The number of fused-ring (bicyclic) bond motifs is 3. The van der Waals surface area contributed by atoms with Crippen molar-refractivity contribution >= 4 is 34.0 Å². The molecular weight excluding hydrogens is 350 g/mol.